The fourth-order valence-electron chi connectivity index (χ4n) is 3.50. The molecule has 0 unspecified atom stereocenters. The zero-order chi connectivity index (χ0) is 22.6. The number of ether oxygens (including phenoxy) is 2. The third kappa shape index (κ3) is 4.78. The summed E-state index contributed by atoms with van der Waals surface area (Å²) in [6, 6.07) is 20.3. The number of hydrogen-bond acceptors (Lipinski definition) is 6. The Hall–Kier alpha value is -3.97. The van der Waals surface area contributed by atoms with Gasteiger partial charge in [0.2, 0.25) is 12.7 Å². The summed E-state index contributed by atoms with van der Waals surface area (Å²) in [4.78, 5) is 17.2. The third-order valence-electron chi connectivity index (χ3n) is 5.15. The largest absolute Gasteiger partial charge is 0.454 e. The van der Waals surface area contributed by atoms with E-state index in [1.807, 2.05) is 54.6 Å². The molecule has 2 N–H and O–H groups in total. The number of halogens is 1. The number of benzene rings is 3. The Balaban J connectivity index is 1.23. The van der Waals surface area contributed by atoms with Crippen molar-refractivity contribution >= 4 is 23.2 Å². The van der Waals surface area contributed by atoms with E-state index in [1.165, 1.54) is 0 Å². The van der Waals surface area contributed by atoms with Crippen LogP contribution in [0.3, 0.4) is 0 Å². The van der Waals surface area contributed by atoms with Crippen molar-refractivity contribution in [3.63, 3.8) is 0 Å². The number of fused-ring (bicyclic) bond motifs is 1. The van der Waals surface area contributed by atoms with Gasteiger partial charge in [0, 0.05) is 22.8 Å². The standard InChI is InChI=1S/C25H20ClN3O4/c26-18-5-3-4-17(11-18)23-13-28-24(33-23)14-27-20-7-2-1-6-19(20)25(30)29-12-16-8-9-21-22(10-16)32-15-31-21/h1-11,13,27H,12,14-15H2,(H,29,30). The van der Waals surface area contributed by atoms with Gasteiger partial charge in [0.25, 0.3) is 5.91 Å². The molecule has 7 nitrogen and oxygen atoms in total. The Bertz CT molecular complexity index is 1300. The van der Waals surface area contributed by atoms with E-state index in [4.69, 9.17) is 25.5 Å². The number of para-hydroxylation sites is 1. The Labute approximate surface area is 195 Å². The molecule has 8 heteroatoms. The molecule has 5 rings (SSSR count). The summed E-state index contributed by atoms with van der Waals surface area (Å²) in [5.41, 5.74) is 2.99. The summed E-state index contributed by atoms with van der Waals surface area (Å²) in [5.74, 6) is 2.34. The summed E-state index contributed by atoms with van der Waals surface area (Å²) in [7, 11) is 0. The van der Waals surface area contributed by atoms with Crippen LogP contribution in [-0.2, 0) is 13.1 Å². The lowest BCUT2D eigenvalue weighted by molar-refractivity contribution is 0.0951. The molecule has 4 aromatic rings. The zero-order valence-corrected chi connectivity index (χ0v) is 18.3. The summed E-state index contributed by atoms with van der Waals surface area (Å²) in [6.07, 6.45) is 1.66. The number of nitrogens with zero attached hydrogens (tertiary/aromatic N) is 1. The second-order valence-electron chi connectivity index (χ2n) is 7.40. The molecule has 0 saturated carbocycles. The maximum atomic E-state index is 12.8. The number of anilines is 1. The first-order valence-corrected chi connectivity index (χ1v) is 10.7. The molecule has 1 aliphatic rings. The lowest BCUT2D eigenvalue weighted by Crippen LogP contribution is -2.24. The monoisotopic (exact) mass is 461 g/mol. The van der Waals surface area contributed by atoms with Crippen molar-refractivity contribution in [2.24, 2.45) is 0 Å². The highest BCUT2D eigenvalue weighted by molar-refractivity contribution is 6.30. The first kappa shape index (κ1) is 20.9. The summed E-state index contributed by atoms with van der Waals surface area (Å²) < 4.78 is 16.5. The Kier molecular flexibility index (Phi) is 5.87. The number of aromatic nitrogens is 1. The molecule has 1 aliphatic heterocycles. The smallest absolute Gasteiger partial charge is 0.253 e. The molecule has 0 bridgehead atoms. The van der Waals surface area contributed by atoms with Crippen molar-refractivity contribution in [1.29, 1.82) is 0 Å². The van der Waals surface area contributed by atoms with Crippen molar-refractivity contribution in [2.45, 2.75) is 13.1 Å². The summed E-state index contributed by atoms with van der Waals surface area (Å²) in [5, 5.41) is 6.82. The van der Waals surface area contributed by atoms with Crippen molar-refractivity contribution in [2.75, 3.05) is 12.1 Å². The highest BCUT2D eigenvalue weighted by atomic mass is 35.5. The van der Waals surface area contributed by atoms with Gasteiger partial charge in [-0.2, -0.15) is 0 Å². The molecule has 1 amide bonds. The second kappa shape index (κ2) is 9.26. The van der Waals surface area contributed by atoms with E-state index in [9.17, 15) is 4.79 Å². The number of carbonyl (C=O) groups excluding carboxylic acids is 1. The molecule has 166 valence electrons. The Morgan fingerprint density at radius 1 is 0.970 bits per heavy atom. The van der Waals surface area contributed by atoms with Crippen molar-refractivity contribution in [3.05, 3.63) is 95.0 Å². The van der Waals surface area contributed by atoms with Crippen molar-refractivity contribution in [3.8, 4) is 22.8 Å². The number of nitrogens with one attached hydrogen (secondary N) is 2. The number of rotatable bonds is 7. The van der Waals surface area contributed by atoms with Gasteiger partial charge >= 0.3 is 0 Å². The maximum Gasteiger partial charge on any atom is 0.253 e. The van der Waals surface area contributed by atoms with Gasteiger partial charge in [-0.15, -0.1) is 0 Å². The van der Waals surface area contributed by atoms with Crippen LogP contribution >= 0.6 is 11.6 Å². The molecule has 0 atom stereocenters. The lowest BCUT2D eigenvalue weighted by Gasteiger charge is -2.11. The minimum absolute atomic E-state index is 0.192. The van der Waals surface area contributed by atoms with E-state index in [0.717, 1.165) is 11.1 Å². The van der Waals surface area contributed by atoms with Crippen LogP contribution in [0.15, 0.2) is 77.3 Å². The van der Waals surface area contributed by atoms with Crippen LogP contribution in [0.4, 0.5) is 5.69 Å². The van der Waals surface area contributed by atoms with Gasteiger partial charge in [0.05, 0.1) is 18.3 Å². The van der Waals surface area contributed by atoms with Crippen LogP contribution in [0.2, 0.25) is 5.02 Å². The molecule has 33 heavy (non-hydrogen) atoms. The van der Waals surface area contributed by atoms with Crippen LogP contribution in [0.1, 0.15) is 21.8 Å². The van der Waals surface area contributed by atoms with E-state index in [2.05, 4.69) is 15.6 Å². The molecule has 0 fully saturated rings. The van der Waals surface area contributed by atoms with Crippen molar-refractivity contribution in [1.82, 2.24) is 10.3 Å². The highest BCUT2D eigenvalue weighted by Crippen LogP contribution is 2.32. The predicted molar refractivity (Wildman–Crippen MR) is 124 cm³/mol. The highest BCUT2D eigenvalue weighted by Gasteiger charge is 2.15. The molecule has 3 aromatic carbocycles. The average molecular weight is 462 g/mol. The number of carbonyl (C=O) groups is 1. The van der Waals surface area contributed by atoms with Gasteiger partial charge in [0.1, 0.15) is 0 Å². The van der Waals surface area contributed by atoms with Gasteiger partial charge in [-0.05, 0) is 42.0 Å². The molecule has 0 radical (unpaired) electrons. The van der Waals surface area contributed by atoms with E-state index in [-0.39, 0.29) is 12.7 Å². The third-order valence-corrected chi connectivity index (χ3v) is 5.39. The van der Waals surface area contributed by atoms with E-state index < -0.39 is 0 Å². The lowest BCUT2D eigenvalue weighted by atomic mass is 10.1. The molecule has 0 aliphatic carbocycles. The minimum atomic E-state index is -0.192. The predicted octanol–water partition coefficient (Wildman–Crippen LogP) is 5.27. The van der Waals surface area contributed by atoms with E-state index in [1.54, 1.807) is 18.3 Å². The van der Waals surface area contributed by atoms with Crippen molar-refractivity contribution < 1.29 is 18.7 Å². The first-order valence-electron chi connectivity index (χ1n) is 10.4. The van der Waals surface area contributed by atoms with Gasteiger partial charge in [-0.25, -0.2) is 4.98 Å². The summed E-state index contributed by atoms with van der Waals surface area (Å²) in [6.45, 7) is 0.912. The molecule has 0 spiro atoms. The maximum absolute atomic E-state index is 12.8. The van der Waals surface area contributed by atoms with Crippen LogP contribution < -0.4 is 20.1 Å². The fraction of sp³-hybridized carbons (Fsp3) is 0.120. The molecule has 1 aromatic heterocycles. The number of oxazole rings is 1. The Morgan fingerprint density at radius 2 is 1.85 bits per heavy atom. The van der Waals surface area contributed by atoms with Gasteiger partial charge in [-0.3, -0.25) is 4.79 Å². The summed E-state index contributed by atoms with van der Waals surface area (Å²) >= 11 is 6.06. The van der Waals surface area contributed by atoms with Crippen LogP contribution in [0.25, 0.3) is 11.3 Å². The van der Waals surface area contributed by atoms with Gasteiger partial charge in [0.15, 0.2) is 17.3 Å². The normalized spacial score (nSPS) is 11.9. The SMILES string of the molecule is O=C(NCc1ccc2c(c1)OCO2)c1ccccc1NCc1ncc(-c2cccc(Cl)c2)o1. The van der Waals surface area contributed by atoms with Crippen LogP contribution in [0.5, 0.6) is 11.5 Å². The first-order chi connectivity index (χ1) is 16.2. The van der Waals surface area contributed by atoms with Gasteiger partial charge < -0.3 is 24.5 Å². The molecule has 2 heterocycles. The van der Waals surface area contributed by atoms with Gasteiger partial charge in [-0.1, -0.05) is 41.9 Å². The average Bonchev–Trinajstić information content (AvgIpc) is 3.51. The van der Waals surface area contributed by atoms with E-state index in [0.29, 0.717) is 52.5 Å². The van der Waals surface area contributed by atoms with Crippen LogP contribution in [0, 0.1) is 0 Å². The topological polar surface area (TPSA) is 85.6 Å². The fourth-order valence-corrected chi connectivity index (χ4v) is 3.69. The van der Waals surface area contributed by atoms with E-state index >= 15 is 0 Å². The van der Waals surface area contributed by atoms with Crippen LogP contribution in [-0.4, -0.2) is 17.7 Å². The second-order valence-corrected chi connectivity index (χ2v) is 7.83. The molecule has 0 saturated heterocycles. The molecular formula is C25H20ClN3O4. The zero-order valence-electron chi connectivity index (χ0n) is 17.5. The quantitative estimate of drug-likeness (QED) is 0.390. The number of hydrogen-bond donors (Lipinski definition) is 2. The Morgan fingerprint density at radius 3 is 2.76 bits per heavy atom. The number of amides is 1. The minimum Gasteiger partial charge on any atom is -0.454 e. The molecular weight excluding hydrogens is 442 g/mol.